The summed E-state index contributed by atoms with van der Waals surface area (Å²) < 4.78 is 0. The van der Waals surface area contributed by atoms with E-state index < -0.39 is 0 Å². The van der Waals surface area contributed by atoms with Crippen LogP contribution in [0.15, 0.2) is 11.1 Å². The molecule has 0 fully saturated rings. The van der Waals surface area contributed by atoms with E-state index in [1.165, 1.54) is 0 Å². The predicted molar refractivity (Wildman–Crippen MR) is 46.5 cm³/mol. The molecule has 0 spiro atoms. The zero-order valence-corrected chi connectivity index (χ0v) is 7.78. The Kier molecular flexibility index (Phi) is 2.65. The van der Waals surface area contributed by atoms with Gasteiger partial charge in [-0.15, -0.1) is 11.6 Å². The third-order valence-corrected chi connectivity index (χ3v) is 3.04. The van der Waals surface area contributed by atoms with Crippen molar-refractivity contribution in [3.63, 3.8) is 0 Å². The highest BCUT2D eigenvalue weighted by molar-refractivity contribution is 6.31. The van der Waals surface area contributed by atoms with E-state index in [9.17, 15) is 0 Å². The van der Waals surface area contributed by atoms with Gasteiger partial charge in [-0.2, -0.15) is 0 Å². The second kappa shape index (κ2) is 3.15. The molecule has 0 aromatic carbocycles. The van der Waals surface area contributed by atoms with Crippen molar-refractivity contribution in [2.45, 2.75) is 25.6 Å². The molecule has 0 aromatic rings. The van der Waals surface area contributed by atoms with Crippen molar-refractivity contribution in [2.24, 2.45) is 11.8 Å². The van der Waals surface area contributed by atoms with Crippen LogP contribution in [0.1, 0.15) is 20.3 Å². The monoisotopic (exact) mass is 178 g/mol. The molecule has 0 nitrogen and oxygen atoms in total. The number of halogens is 2. The number of hydrogen-bond donors (Lipinski definition) is 0. The summed E-state index contributed by atoms with van der Waals surface area (Å²) in [5.41, 5.74) is 0. The smallest absolute Gasteiger partial charge is 0.0416 e. The first-order valence-electron chi connectivity index (χ1n) is 3.62. The molecule has 10 heavy (non-hydrogen) atoms. The molecule has 0 saturated carbocycles. The first-order valence-corrected chi connectivity index (χ1v) is 4.44. The zero-order valence-electron chi connectivity index (χ0n) is 6.27. The van der Waals surface area contributed by atoms with Gasteiger partial charge in [-0.1, -0.05) is 31.5 Å². The van der Waals surface area contributed by atoms with E-state index in [0.29, 0.717) is 11.8 Å². The normalized spacial score (nSPS) is 41.2. The minimum atomic E-state index is 0.229. The van der Waals surface area contributed by atoms with Crippen LogP contribution in [-0.2, 0) is 0 Å². The molecule has 3 unspecified atom stereocenters. The molecule has 1 rings (SSSR count). The predicted octanol–water partition coefficient (Wildman–Crippen LogP) is 3.39. The summed E-state index contributed by atoms with van der Waals surface area (Å²) in [6, 6.07) is 0. The minimum absolute atomic E-state index is 0.229. The lowest BCUT2D eigenvalue weighted by Crippen LogP contribution is -2.19. The summed E-state index contributed by atoms with van der Waals surface area (Å²) in [6.45, 7) is 4.21. The SMILES string of the molecule is CC1C=C(Cl)C(C)C(Cl)C1. The van der Waals surface area contributed by atoms with Crippen LogP contribution in [0, 0.1) is 11.8 Å². The molecule has 0 aliphatic heterocycles. The van der Waals surface area contributed by atoms with Gasteiger partial charge in [0.25, 0.3) is 0 Å². The minimum Gasteiger partial charge on any atom is -0.122 e. The first-order chi connectivity index (χ1) is 4.61. The molecule has 0 saturated heterocycles. The highest BCUT2D eigenvalue weighted by atomic mass is 35.5. The molecule has 1 aliphatic carbocycles. The van der Waals surface area contributed by atoms with Gasteiger partial charge in [0, 0.05) is 16.3 Å². The van der Waals surface area contributed by atoms with Crippen LogP contribution in [-0.4, -0.2) is 5.38 Å². The standard InChI is InChI=1S/C8H12Cl2/c1-5-3-7(9)6(2)8(10)4-5/h3,5-6,8H,4H2,1-2H3. The maximum absolute atomic E-state index is 6.03. The number of alkyl halides is 1. The molecular formula is C8H12Cl2. The van der Waals surface area contributed by atoms with E-state index >= 15 is 0 Å². The van der Waals surface area contributed by atoms with E-state index in [2.05, 4.69) is 19.9 Å². The van der Waals surface area contributed by atoms with Crippen molar-refractivity contribution in [1.29, 1.82) is 0 Å². The van der Waals surface area contributed by atoms with Gasteiger partial charge in [-0.05, 0) is 12.3 Å². The summed E-state index contributed by atoms with van der Waals surface area (Å²) in [5, 5.41) is 1.16. The van der Waals surface area contributed by atoms with Crippen molar-refractivity contribution >= 4 is 23.2 Å². The van der Waals surface area contributed by atoms with Crippen LogP contribution in [0.5, 0.6) is 0 Å². The lowest BCUT2D eigenvalue weighted by molar-refractivity contribution is 0.503. The van der Waals surface area contributed by atoms with Crippen molar-refractivity contribution in [1.82, 2.24) is 0 Å². The van der Waals surface area contributed by atoms with Gasteiger partial charge in [-0.3, -0.25) is 0 Å². The number of rotatable bonds is 0. The van der Waals surface area contributed by atoms with Gasteiger partial charge >= 0.3 is 0 Å². The van der Waals surface area contributed by atoms with E-state index in [1.807, 2.05) is 0 Å². The zero-order chi connectivity index (χ0) is 7.72. The lowest BCUT2D eigenvalue weighted by atomic mass is 9.90. The molecule has 0 bridgehead atoms. The summed E-state index contributed by atoms with van der Waals surface area (Å²) in [6.07, 6.45) is 3.16. The Bertz CT molecular complexity index is 151. The molecule has 3 atom stereocenters. The van der Waals surface area contributed by atoms with Gasteiger partial charge in [-0.25, -0.2) is 0 Å². The third-order valence-electron chi connectivity index (χ3n) is 2.02. The number of hydrogen-bond acceptors (Lipinski definition) is 0. The van der Waals surface area contributed by atoms with E-state index in [1.54, 1.807) is 0 Å². The Balaban J connectivity index is 2.71. The van der Waals surface area contributed by atoms with E-state index in [-0.39, 0.29) is 5.38 Å². The topological polar surface area (TPSA) is 0 Å². The number of allylic oxidation sites excluding steroid dienone is 2. The third kappa shape index (κ3) is 1.67. The highest BCUT2D eigenvalue weighted by Crippen LogP contribution is 2.33. The van der Waals surface area contributed by atoms with Crippen LogP contribution in [0.3, 0.4) is 0 Å². The molecule has 0 aromatic heterocycles. The Morgan fingerprint density at radius 2 is 2.10 bits per heavy atom. The van der Waals surface area contributed by atoms with Crippen LogP contribution in [0.2, 0.25) is 0 Å². The fourth-order valence-corrected chi connectivity index (χ4v) is 2.07. The fraction of sp³-hybridized carbons (Fsp3) is 0.750. The summed E-state index contributed by atoms with van der Waals surface area (Å²) in [4.78, 5) is 0. The van der Waals surface area contributed by atoms with Crippen LogP contribution in [0.4, 0.5) is 0 Å². The van der Waals surface area contributed by atoms with E-state index in [0.717, 1.165) is 11.5 Å². The fourth-order valence-electron chi connectivity index (χ4n) is 1.22. The molecule has 0 radical (unpaired) electrons. The largest absolute Gasteiger partial charge is 0.122 e. The second-order valence-corrected chi connectivity index (χ2v) is 4.07. The molecule has 0 amide bonds. The highest BCUT2D eigenvalue weighted by Gasteiger charge is 2.24. The Morgan fingerprint density at radius 3 is 2.60 bits per heavy atom. The quantitative estimate of drug-likeness (QED) is 0.500. The van der Waals surface area contributed by atoms with Crippen molar-refractivity contribution in [3.05, 3.63) is 11.1 Å². The summed E-state index contributed by atoms with van der Waals surface area (Å²) in [5.74, 6) is 0.894. The summed E-state index contributed by atoms with van der Waals surface area (Å²) in [7, 11) is 0. The molecule has 2 heteroatoms. The molecule has 58 valence electrons. The van der Waals surface area contributed by atoms with Gasteiger partial charge in [0.2, 0.25) is 0 Å². The van der Waals surface area contributed by atoms with Gasteiger partial charge in [0.05, 0.1) is 0 Å². The van der Waals surface area contributed by atoms with E-state index in [4.69, 9.17) is 23.2 Å². The van der Waals surface area contributed by atoms with Crippen molar-refractivity contribution in [3.8, 4) is 0 Å². The lowest BCUT2D eigenvalue weighted by Gasteiger charge is -2.25. The second-order valence-electron chi connectivity index (χ2n) is 3.07. The van der Waals surface area contributed by atoms with Crippen LogP contribution >= 0.6 is 23.2 Å². The van der Waals surface area contributed by atoms with Crippen LogP contribution in [0.25, 0.3) is 0 Å². The Labute approximate surface area is 72.2 Å². The van der Waals surface area contributed by atoms with Gasteiger partial charge in [0.15, 0.2) is 0 Å². The molecule has 0 N–H and O–H groups in total. The molecular weight excluding hydrogens is 167 g/mol. The van der Waals surface area contributed by atoms with Crippen molar-refractivity contribution < 1.29 is 0 Å². The average Bonchev–Trinajstić information content (AvgIpc) is 1.82. The maximum Gasteiger partial charge on any atom is 0.0416 e. The summed E-state index contributed by atoms with van der Waals surface area (Å²) >= 11 is 12.0. The average molecular weight is 179 g/mol. The molecule has 0 heterocycles. The Morgan fingerprint density at radius 1 is 1.50 bits per heavy atom. The van der Waals surface area contributed by atoms with Gasteiger partial charge < -0.3 is 0 Å². The molecule has 1 aliphatic rings. The first kappa shape index (κ1) is 8.42. The maximum atomic E-state index is 6.03. The van der Waals surface area contributed by atoms with Crippen LogP contribution < -0.4 is 0 Å². The van der Waals surface area contributed by atoms with Gasteiger partial charge in [0.1, 0.15) is 0 Å². The van der Waals surface area contributed by atoms with Crippen molar-refractivity contribution in [2.75, 3.05) is 0 Å². The Hall–Kier alpha value is 0.320.